The molecule has 0 radical (unpaired) electrons. The van der Waals surface area contributed by atoms with E-state index in [2.05, 4.69) is 0 Å². The van der Waals surface area contributed by atoms with Gasteiger partial charge in [0.2, 0.25) is 0 Å². The van der Waals surface area contributed by atoms with E-state index in [1.54, 1.807) is 6.07 Å². The fourth-order valence-corrected chi connectivity index (χ4v) is 3.52. The van der Waals surface area contributed by atoms with E-state index in [4.69, 9.17) is 0 Å². The molecule has 0 aromatic heterocycles. The van der Waals surface area contributed by atoms with Crippen LogP contribution in [-0.4, -0.2) is 38.8 Å². The van der Waals surface area contributed by atoms with Crippen LogP contribution in [0.5, 0.6) is 0 Å². The molecule has 0 amide bonds. The lowest BCUT2D eigenvalue weighted by molar-refractivity contribution is 0.101. The Morgan fingerprint density at radius 2 is 2.00 bits per heavy atom. The van der Waals surface area contributed by atoms with Crippen LogP contribution in [0.25, 0.3) is 0 Å². The molecule has 1 fully saturated rings. The van der Waals surface area contributed by atoms with Crippen molar-refractivity contribution in [3.63, 3.8) is 0 Å². The Bertz CT molecular complexity index is 598. The van der Waals surface area contributed by atoms with Gasteiger partial charge in [-0.2, -0.15) is 0 Å². The maximum Gasteiger partial charge on any atom is 0.161 e. The predicted octanol–water partition coefficient (Wildman–Crippen LogP) is 1.65. The van der Waals surface area contributed by atoms with E-state index in [9.17, 15) is 17.6 Å². The van der Waals surface area contributed by atoms with Crippen LogP contribution in [0.15, 0.2) is 18.2 Å². The number of carbonyl (C=O) groups is 1. The van der Waals surface area contributed by atoms with Crippen LogP contribution in [0, 0.1) is 5.82 Å². The fourth-order valence-electron chi connectivity index (χ4n) is 2.25. The molecule has 0 N–H and O–H groups in total. The first-order valence-corrected chi connectivity index (χ1v) is 7.97. The van der Waals surface area contributed by atoms with Gasteiger partial charge in [0, 0.05) is 24.3 Å². The molecule has 6 heteroatoms. The molecule has 19 heavy (non-hydrogen) atoms. The first kappa shape index (κ1) is 14.0. The van der Waals surface area contributed by atoms with E-state index >= 15 is 0 Å². The van der Waals surface area contributed by atoms with Crippen molar-refractivity contribution in [3.05, 3.63) is 29.6 Å². The quantitative estimate of drug-likeness (QED) is 0.775. The number of Topliss-reactive ketones (excluding diaryl/α,β-unsaturated/α-hetero) is 1. The minimum absolute atomic E-state index is 0.0712. The minimum Gasteiger partial charge on any atom is -0.370 e. The molecule has 2 rings (SSSR count). The molecule has 1 heterocycles. The Hall–Kier alpha value is -1.43. The maximum absolute atomic E-state index is 13.2. The van der Waals surface area contributed by atoms with Crippen molar-refractivity contribution in [1.82, 2.24) is 0 Å². The van der Waals surface area contributed by atoms with Gasteiger partial charge in [-0.05, 0) is 31.5 Å². The normalized spacial score (nSPS) is 18.9. The molecule has 0 unspecified atom stereocenters. The Morgan fingerprint density at radius 1 is 1.26 bits per heavy atom. The van der Waals surface area contributed by atoms with Crippen LogP contribution in [-0.2, 0) is 9.84 Å². The van der Waals surface area contributed by atoms with Crippen molar-refractivity contribution in [1.29, 1.82) is 0 Å². The highest BCUT2D eigenvalue weighted by Gasteiger charge is 2.22. The molecule has 0 atom stereocenters. The van der Waals surface area contributed by atoms with Gasteiger partial charge < -0.3 is 4.90 Å². The van der Waals surface area contributed by atoms with Gasteiger partial charge in [-0.25, -0.2) is 12.8 Å². The topological polar surface area (TPSA) is 54.5 Å². The van der Waals surface area contributed by atoms with Crippen LogP contribution in [0.1, 0.15) is 23.7 Å². The first-order chi connectivity index (χ1) is 8.89. The van der Waals surface area contributed by atoms with Crippen molar-refractivity contribution in [3.8, 4) is 0 Å². The first-order valence-electron chi connectivity index (χ1n) is 6.15. The third kappa shape index (κ3) is 3.32. The highest BCUT2D eigenvalue weighted by Crippen LogP contribution is 2.24. The Balaban J connectivity index is 2.34. The van der Waals surface area contributed by atoms with Crippen molar-refractivity contribution in [2.24, 2.45) is 0 Å². The number of rotatable bonds is 2. The third-order valence-electron chi connectivity index (χ3n) is 3.23. The summed E-state index contributed by atoms with van der Waals surface area (Å²) in [6.45, 7) is 2.28. The van der Waals surface area contributed by atoms with Crippen LogP contribution in [0.3, 0.4) is 0 Å². The Morgan fingerprint density at radius 3 is 2.68 bits per heavy atom. The smallest absolute Gasteiger partial charge is 0.161 e. The van der Waals surface area contributed by atoms with Crippen molar-refractivity contribution >= 4 is 21.3 Å². The van der Waals surface area contributed by atoms with Crippen LogP contribution in [0.2, 0.25) is 0 Å². The van der Waals surface area contributed by atoms with Crippen molar-refractivity contribution in [2.75, 3.05) is 29.5 Å². The zero-order valence-electron chi connectivity index (χ0n) is 10.7. The third-order valence-corrected chi connectivity index (χ3v) is 4.95. The average molecular weight is 285 g/mol. The van der Waals surface area contributed by atoms with Gasteiger partial charge in [-0.3, -0.25) is 4.79 Å². The monoisotopic (exact) mass is 285 g/mol. The molecule has 104 valence electrons. The number of sulfone groups is 1. The molecule has 0 saturated carbocycles. The summed E-state index contributed by atoms with van der Waals surface area (Å²) >= 11 is 0. The molecular formula is C13H16FNO3S. The summed E-state index contributed by atoms with van der Waals surface area (Å²) in [5.74, 6) is -0.444. The molecule has 1 aromatic carbocycles. The number of benzene rings is 1. The molecule has 1 saturated heterocycles. The van der Waals surface area contributed by atoms with Gasteiger partial charge in [0.05, 0.1) is 11.5 Å². The average Bonchev–Trinajstić information content (AvgIpc) is 2.50. The zero-order valence-corrected chi connectivity index (χ0v) is 11.5. The van der Waals surface area contributed by atoms with Gasteiger partial charge in [0.1, 0.15) is 5.82 Å². The summed E-state index contributed by atoms with van der Waals surface area (Å²) in [6.07, 6.45) is 0.525. The molecule has 4 nitrogen and oxygen atoms in total. The van der Waals surface area contributed by atoms with Crippen molar-refractivity contribution < 1.29 is 17.6 Å². The van der Waals surface area contributed by atoms with E-state index in [-0.39, 0.29) is 17.3 Å². The Labute approximate surface area is 112 Å². The largest absolute Gasteiger partial charge is 0.370 e. The van der Waals surface area contributed by atoms with Gasteiger partial charge in [0.15, 0.2) is 15.6 Å². The van der Waals surface area contributed by atoms with E-state index in [0.29, 0.717) is 30.8 Å². The molecule has 1 aliphatic heterocycles. The second kappa shape index (κ2) is 5.28. The lowest BCUT2D eigenvalue weighted by Gasteiger charge is -2.24. The van der Waals surface area contributed by atoms with E-state index < -0.39 is 15.7 Å². The second-order valence-corrected chi connectivity index (χ2v) is 7.01. The van der Waals surface area contributed by atoms with E-state index in [0.717, 1.165) is 0 Å². The summed E-state index contributed by atoms with van der Waals surface area (Å²) in [5, 5.41) is 0. The molecule has 1 aliphatic rings. The predicted molar refractivity (Wildman–Crippen MR) is 71.9 cm³/mol. The summed E-state index contributed by atoms with van der Waals surface area (Å²) in [7, 11) is -3.00. The van der Waals surface area contributed by atoms with E-state index in [1.807, 2.05) is 4.90 Å². The number of ketones is 1. The van der Waals surface area contributed by atoms with E-state index in [1.165, 1.54) is 19.1 Å². The van der Waals surface area contributed by atoms with Crippen molar-refractivity contribution in [2.45, 2.75) is 13.3 Å². The maximum atomic E-state index is 13.2. The lowest BCUT2D eigenvalue weighted by atomic mass is 10.1. The number of nitrogens with zero attached hydrogens (tertiary/aromatic N) is 1. The molecule has 0 bridgehead atoms. The van der Waals surface area contributed by atoms with Crippen LogP contribution in [0.4, 0.5) is 10.1 Å². The summed E-state index contributed by atoms with van der Waals surface area (Å²) in [4.78, 5) is 13.4. The molecule has 0 aliphatic carbocycles. The molecule has 0 spiro atoms. The molecular weight excluding hydrogens is 269 g/mol. The van der Waals surface area contributed by atoms with Crippen LogP contribution >= 0.6 is 0 Å². The van der Waals surface area contributed by atoms with Gasteiger partial charge >= 0.3 is 0 Å². The second-order valence-electron chi connectivity index (χ2n) is 4.71. The highest BCUT2D eigenvalue weighted by molar-refractivity contribution is 7.91. The Kier molecular flexibility index (Phi) is 3.89. The standard InChI is InChI=1S/C13H16FNO3S/c1-10(16)12-9-11(14)3-4-13(12)15-5-2-7-19(17,18)8-6-15/h3-4,9H,2,5-8H2,1H3. The lowest BCUT2D eigenvalue weighted by Crippen LogP contribution is -2.28. The number of halogens is 1. The summed E-state index contributed by atoms with van der Waals surface area (Å²) < 4.78 is 36.3. The van der Waals surface area contributed by atoms with Gasteiger partial charge in [-0.1, -0.05) is 0 Å². The van der Waals surface area contributed by atoms with Gasteiger partial charge in [0.25, 0.3) is 0 Å². The highest BCUT2D eigenvalue weighted by atomic mass is 32.2. The summed E-state index contributed by atoms with van der Waals surface area (Å²) in [5.41, 5.74) is 0.922. The summed E-state index contributed by atoms with van der Waals surface area (Å²) in [6, 6.07) is 4.04. The SMILES string of the molecule is CC(=O)c1cc(F)ccc1N1CCCS(=O)(=O)CC1. The molecule has 1 aromatic rings. The van der Waals surface area contributed by atoms with Gasteiger partial charge in [-0.15, -0.1) is 0 Å². The fraction of sp³-hybridized carbons (Fsp3) is 0.462. The van der Waals surface area contributed by atoms with Crippen LogP contribution < -0.4 is 4.90 Å². The minimum atomic E-state index is -3.00. The number of hydrogen-bond donors (Lipinski definition) is 0. The number of hydrogen-bond acceptors (Lipinski definition) is 4. The zero-order chi connectivity index (χ0) is 14.0. The number of anilines is 1. The number of carbonyl (C=O) groups excluding carboxylic acids is 1.